The van der Waals surface area contributed by atoms with Crippen LogP contribution in [0.1, 0.15) is 44.7 Å². The van der Waals surface area contributed by atoms with Gasteiger partial charge in [-0.05, 0) is 55.9 Å². The molecule has 1 aromatic carbocycles. The molecule has 0 aromatic heterocycles. The van der Waals surface area contributed by atoms with Crippen molar-refractivity contribution in [1.82, 2.24) is 0 Å². The van der Waals surface area contributed by atoms with E-state index in [0.717, 1.165) is 18.8 Å². The molecule has 1 saturated heterocycles. The minimum absolute atomic E-state index is 0. The van der Waals surface area contributed by atoms with Gasteiger partial charge in [0, 0.05) is 5.94 Å². The average molecular weight is 350 g/mol. The van der Waals surface area contributed by atoms with Crippen LogP contribution in [0.2, 0.25) is 0 Å². The Labute approximate surface area is 152 Å². The SMILES string of the molecule is Cc1ccc(C[C@H](N)B2OC3C[C@@H]4C[C@@H](C4(C)C)[C@]3(C)O2)cc1.Cl. The lowest BCUT2D eigenvalue weighted by Gasteiger charge is -2.64. The first kappa shape index (κ1) is 18.3. The molecule has 0 spiro atoms. The lowest BCUT2D eigenvalue weighted by molar-refractivity contribution is -0.199. The Kier molecular flexibility index (Phi) is 4.57. The molecule has 1 aromatic rings. The van der Waals surface area contributed by atoms with E-state index in [4.69, 9.17) is 15.0 Å². The van der Waals surface area contributed by atoms with E-state index >= 15 is 0 Å². The molecule has 3 saturated carbocycles. The third kappa shape index (κ3) is 2.63. The van der Waals surface area contributed by atoms with Crippen molar-refractivity contribution in [2.24, 2.45) is 23.0 Å². The van der Waals surface area contributed by atoms with Gasteiger partial charge in [-0.3, -0.25) is 0 Å². The van der Waals surface area contributed by atoms with Crippen molar-refractivity contribution in [2.75, 3.05) is 0 Å². The van der Waals surface area contributed by atoms with E-state index in [2.05, 4.69) is 52.0 Å². The topological polar surface area (TPSA) is 44.5 Å². The molecule has 2 bridgehead atoms. The molecular formula is C19H29BClNO2. The fraction of sp³-hybridized carbons (Fsp3) is 0.684. The highest BCUT2D eigenvalue weighted by molar-refractivity contribution is 6.47. The lowest BCUT2D eigenvalue weighted by Crippen LogP contribution is -2.65. The first-order chi connectivity index (χ1) is 10.8. The van der Waals surface area contributed by atoms with E-state index in [-0.39, 0.29) is 37.2 Å². The maximum Gasteiger partial charge on any atom is 0.475 e. The monoisotopic (exact) mass is 349 g/mol. The fourth-order valence-corrected chi connectivity index (χ4v) is 5.17. The van der Waals surface area contributed by atoms with Gasteiger partial charge in [-0.25, -0.2) is 0 Å². The summed E-state index contributed by atoms with van der Waals surface area (Å²) in [6.07, 6.45) is 3.41. The highest BCUT2D eigenvalue weighted by Crippen LogP contribution is 2.65. The van der Waals surface area contributed by atoms with E-state index < -0.39 is 0 Å². The molecule has 4 aliphatic rings. The quantitative estimate of drug-likeness (QED) is 0.849. The molecule has 132 valence electrons. The predicted molar refractivity (Wildman–Crippen MR) is 100 cm³/mol. The predicted octanol–water partition coefficient (Wildman–Crippen LogP) is 3.55. The summed E-state index contributed by atoms with van der Waals surface area (Å²) in [7, 11) is -0.276. The summed E-state index contributed by atoms with van der Waals surface area (Å²) in [4.78, 5) is 0. The second kappa shape index (κ2) is 6.01. The van der Waals surface area contributed by atoms with Gasteiger partial charge < -0.3 is 15.0 Å². The maximum atomic E-state index is 6.45. The zero-order valence-corrected chi connectivity index (χ0v) is 15.9. The van der Waals surface area contributed by atoms with Crippen molar-refractivity contribution in [3.8, 4) is 0 Å². The molecule has 5 atom stereocenters. The summed E-state index contributed by atoms with van der Waals surface area (Å²) in [6.45, 7) is 9.12. The Hall–Kier alpha value is -0.545. The van der Waals surface area contributed by atoms with Crippen LogP contribution in [0.15, 0.2) is 24.3 Å². The molecule has 1 unspecified atom stereocenters. The second-order valence-corrected chi connectivity index (χ2v) is 8.69. The molecule has 24 heavy (non-hydrogen) atoms. The van der Waals surface area contributed by atoms with E-state index in [1.807, 2.05) is 0 Å². The number of hydrogen-bond donors (Lipinski definition) is 1. The molecule has 4 fully saturated rings. The van der Waals surface area contributed by atoms with E-state index in [1.165, 1.54) is 17.5 Å². The van der Waals surface area contributed by atoms with E-state index in [9.17, 15) is 0 Å². The molecule has 1 heterocycles. The van der Waals surface area contributed by atoms with Crippen molar-refractivity contribution >= 4 is 19.5 Å². The summed E-state index contributed by atoms with van der Waals surface area (Å²) >= 11 is 0. The van der Waals surface area contributed by atoms with Crippen LogP contribution in [-0.2, 0) is 15.7 Å². The highest BCUT2D eigenvalue weighted by atomic mass is 35.5. The van der Waals surface area contributed by atoms with Crippen molar-refractivity contribution in [1.29, 1.82) is 0 Å². The van der Waals surface area contributed by atoms with Crippen LogP contribution in [0.5, 0.6) is 0 Å². The third-order valence-electron chi connectivity index (χ3n) is 6.91. The van der Waals surface area contributed by atoms with Crippen molar-refractivity contribution in [2.45, 2.75) is 64.6 Å². The minimum atomic E-state index is -0.276. The smallest absolute Gasteiger partial charge is 0.404 e. The Morgan fingerprint density at radius 1 is 1.21 bits per heavy atom. The maximum absolute atomic E-state index is 6.45. The molecule has 0 amide bonds. The minimum Gasteiger partial charge on any atom is -0.404 e. The normalized spacial score (nSPS) is 37.2. The Balaban J connectivity index is 0.00000169. The zero-order valence-electron chi connectivity index (χ0n) is 15.1. The van der Waals surface area contributed by atoms with Gasteiger partial charge in [-0.2, -0.15) is 0 Å². The van der Waals surface area contributed by atoms with Crippen LogP contribution < -0.4 is 5.73 Å². The highest BCUT2D eigenvalue weighted by Gasteiger charge is 2.68. The lowest BCUT2D eigenvalue weighted by atomic mass is 9.43. The molecule has 5 rings (SSSR count). The van der Waals surface area contributed by atoms with Crippen LogP contribution in [0, 0.1) is 24.2 Å². The summed E-state index contributed by atoms with van der Waals surface area (Å²) < 4.78 is 12.7. The largest absolute Gasteiger partial charge is 0.475 e. The molecular weight excluding hydrogens is 320 g/mol. The van der Waals surface area contributed by atoms with Crippen LogP contribution in [-0.4, -0.2) is 24.8 Å². The average Bonchev–Trinajstić information content (AvgIpc) is 2.86. The Morgan fingerprint density at radius 3 is 2.50 bits per heavy atom. The van der Waals surface area contributed by atoms with Gasteiger partial charge in [0.25, 0.3) is 0 Å². The number of halogens is 1. The Morgan fingerprint density at radius 2 is 1.88 bits per heavy atom. The molecule has 1 aliphatic heterocycles. The zero-order chi connectivity index (χ0) is 16.4. The Bertz CT molecular complexity index is 608. The number of benzene rings is 1. The van der Waals surface area contributed by atoms with Gasteiger partial charge in [0.2, 0.25) is 0 Å². The first-order valence-electron chi connectivity index (χ1n) is 8.95. The molecule has 3 aliphatic carbocycles. The second-order valence-electron chi connectivity index (χ2n) is 8.69. The van der Waals surface area contributed by atoms with Crippen molar-refractivity contribution in [3.05, 3.63) is 35.4 Å². The summed E-state index contributed by atoms with van der Waals surface area (Å²) in [5.41, 5.74) is 9.18. The number of nitrogens with two attached hydrogens (primary N) is 1. The van der Waals surface area contributed by atoms with Crippen LogP contribution in [0.4, 0.5) is 0 Å². The number of hydrogen-bond acceptors (Lipinski definition) is 3. The van der Waals surface area contributed by atoms with E-state index in [1.54, 1.807) is 0 Å². The van der Waals surface area contributed by atoms with Crippen LogP contribution >= 0.6 is 12.4 Å². The van der Waals surface area contributed by atoms with Gasteiger partial charge in [0.1, 0.15) is 0 Å². The van der Waals surface area contributed by atoms with Gasteiger partial charge >= 0.3 is 7.12 Å². The molecule has 5 heteroatoms. The van der Waals surface area contributed by atoms with Gasteiger partial charge in [-0.1, -0.05) is 43.7 Å². The van der Waals surface area contributed by atoms with Crippen molar-refractivity contribution in [3.63, 3.8) is 0 Å². The molecule has 3 nitrogen and oxygen atoms in total. The summed E-state index contributed by atoms with van der Waals surface area (Å²) in [5.74, 6) is 1.26. The molecule has 0 radical (unpaired) electrons. The number of rotatable bonds is 3. The fourth-order valence-electron chi connectivity index (χ4n) is 5.17. The van der Waals surface area contributed by atoms with Gasteiger partial charge in [-0.15, -0.1) is 12.4 Å². The van der Waals surface area contributed by atoms with Crippen LogP contribution in [0.25, 0.3) is 0 Å². The molecule has 2 N–H and O–H groups in total. The van der Waals surface area contributed by atoms with E-state index in [0.29, 0.717) is 11.3 Å². The van der Waals surface area contributed by atoms with Gasteiger partial charge in [0.05, 0.1) is 11.7 Å². The van der Waals surface area contributed by atoms with Crippen LogP contribution in [0.3, 0.4) is 0 Å². The summed E-state index contributed by atoms with van der Waals surface area (Å²) in [5, 5.41) is 0. The van der Waals surface area contributed by atoms with Crippen molar-refractivity contribution < 1.29 is 9.31 Å². The van der Waals surface area contributed by atoms with Gasteiger partial charge in [0.15, 0.2) is 0 Å². The summed E-state index contributed by atoms with van der Waals surface area (Å²) in [6, 6.07) is 8.57. The number of aryl methyl sites for hydroxylation is 1. The standard InChI is InChI=1S/C19H28BNO2.ClH/c1-12-5-7-13(8-6-12)9-17(21)20-22-16-11-14-10-15(18(14,2)3)19(16,4)23-20;/h5-8,14-17H,9-11,21H2,1-4H3;1H/t14-,15-,16?,17-,19-;/m0./s1. The third-order valence-corrected chi connectivity index (χ3v) is 6.91. The first-order valence-corrected chi connectivity index (χ1v) is 8.95.